The van der Waals surface area contributed by atoms with E-state index < -0.39 is 0 Å². The van der Waals surface area contributed by atoms with Crippen LogP contribution in [0.25, 0.3) is 0 Å². The summed E-state index contributed by atoms with van der Waals surface area (Å²) >= 11 is 0. The van der Waals surface area contributed by atoms with Crippen molar-refractivity contribution in [3.05, 3.63) is 90.0 Å². The van der Waals surface area contributed by atoms with Crippen molar-refractivity contribution in [2.24, 2.45) is 4.99 Å². The van der Waals surface area contributed by atoms with Crippen LogP contribution in [0.4, 0.5) is 11.4 Å². The highest BCUT2D eigenvalue weighted by molar-refractivity contribution is 5.82. The summed E-state index contributed by atoms with van der Waals surface area (Å²) in [6.07, 6.45) is 1.89. The number of nitrogens with one attached hydrogen (secondary N) is 1. The average Bonchev–Trinajstić information content (AvgIpc) is 2.79. The van der Waals surface area contributed by atoms with Crippen LogP contribution in [0.1, 0.15) is 11.1 Å². The van der Waals surface area contributed by atoms with Gasteiger partial charge >= 0.3 is 0 Å². The van der Waals surface area contributed by atoms with E-state index in [9.17, 15) is 0 Å². The van der Waals surface area contributed by atoms with E-state index in [0.29, 0.717) is 6.61 Å². The highest BCUT2D eigenvalue weighted by Crippen LogP contribution is 2.20. The predicted molar refractivity (Wildman–Crippen MR) is 116 cm³/mol. The fraction of sp³-hybridized carbons (Fsp3) is 0.208. The molecule has 1 N–H and O–H groups in total. The Hall–Kier alpha value is -3.11. The number of hydrogen-bond acceptors (Lipinski definition) is 4. The number of hydrogen-bond donors (Lipinski definition) is 1. The fourth-order valence-corrected chi connectivity index (χ4v) is 3.21. The first-order chi connectivity index (χ1) is 13.9. The zero-order chi connectivity index (χ0) is 19.0. The quantitative estimate of drug-likeness (QED) is 0.652. The summed E-state index contributed by atoms with van der Waals surface area (Å²) in [7, 11) is 0. The van der Waals surface area contributed by atoms with Crippen LogP contribution in [0.2, 0.25) is 0 Å². The molecule has 1 saturated heterocycles. The Morgan fingerprint density at radius 2 is 1.57 bits per heavy atom. The molecule has 3 aromatic rings. The molecular weight excluding hydrogens is 346 g/mol. The molecule has 1 aliphatic rings. The maximum atomic E-state index is 5.83. The summed E-state index contributed by atoms with van der Waals surface area (Å²) in [5.74, 6) is 0.862. The molecule has 0 saturated carbocycles. The first kappa shape index (κ1) is 18.3. The lowest BCUT2D eigenvalue weighted by Crippen LogP contribution is -2.43. The van der Waals surface area contributed by atoms with Crippen LogP contribution < -0.4 is 15.0 Å². The van der Waals surface area contributed by atoms with Crippen molar-refractivity contribution in [2.45, 2.75) is 6.61 Å². The molecule has 1 aliphatic heterocycles. The summed E-state index contributed by atoms with van der Waals surface area (Å²) < 4.78 is 5.83. The zero-order valence-electron chi connectivity index (χ0n) is 15.9. The number of ether oxygens (including phenoxy) is 1. The number of benzene rings is 3. The van der Waals surface area contributed by atoms with E-state index in [2.05, 4.69) is 51.6 Å². The van der Waals surface area contributed by atoms with Crippen molar-refractivity contribution in [2.75, 3.05) is 31.1 Å². The third kappa shape index (κ3) is 4.99. The van der Waals surface area contributed by atoms with Gasteiger partial charge in [-0.15, -0.1) is 0 Å². The minimum absolute atomic E-state index is 0.577. The maximum absolute atomic E-state index is 5.83. The number of aliphatic imine (C=N–C) groups is 1. The van der Waals surface area contributed by atoms with Gasteiger partial charge in [0.05, 0.1) is 5.69 Å². The van der Waals surface area contributed by atoms with E-state index in [1.54, 1.807) is 0 Å². The third-order valence-electron chi connectivity index (χ3n) is 4.82. The van der Waals surface area contributed by atoms with Crippen molar-refractivity contribution < 1.29 is 4.74 Å². The minimum Gasteiger partial charge on any atom is -0.489 e. The Morgan fingerprint density at radius 3 is 2.29 bits per heavy atom. The standard InChI is InChI=1S/C24H25N3O/c1-2-4-21(5-3-1)19-28-24-12-6-20(7-13-24)18-26-22-8-10-23(11-9-22)27-16-14-25-15-17-27/h1-13,18,25H,14-17,19H2. The second-order valence-corrected chi connectivity index (χ2v) is 6.85. The molecule has 0 radical (unpaired) electrons. The molecule has 28 heavy (non-hydrogen) atoms. The molecule has 4 nitrogen and oxygen atoms in total. The monoisotopic (exact) mass is 371 g/mol. The van der Waals surface area contributed by atoms with Gasteiger partial charge in [0.15, 0.2) is 0 Å². The van der Waals surface area contributed by atoms with E-state index in [1.807, 2.05) is 48.7 Å². The van der Waals surface area contributed by atoms with E-state index in [4.69, 9.17) is 4.74 Å². The molecule has 0 aliphatic carbocycles. The van der Waals surface area contributed by atoms with Crippen molar-refractivity contribution in [1.82, 2.24) is 5.32 Å². The normalized spacial score (nSPS) is 14.4. The van der Waals surface area contributed by atoms with Gasteiger partial charge in [0.1, 0.15) is 12.4 Å². The van der Waals surface area contributed by atoms with Gasteiger partial charge in [0.25, 0.3) is 0 Å². The lowest BCUT2D eigenvalue weighted by Gasteiger charge is -2.29. The SMILES string of the molecule is C(=Nc1ccc(N2CCNCC2)cc1)c1ccc(OCc2ccccc2)cc1. The minimum atomic E-state index is 0.577. The number of anilines is 1. The molecule has 142 valence electrons. The summed E-state index contributed by atoms with van der Waals surface area (Å²) in [4.78, 5) is 6.99. The molecule has 1 fully saturated rings. The van der Waals surface area contributed by atoms with E-state index in [1.165, 1.54) is 5.69 Å². The van der Waals surface area contributed by atoms with Crippen molar-refractivity contribution in [3.8, 4) is 5.75 Å². The molecule has 1 heterocycles. The topological polar surface area (TPSA) is 36.9 Å². The van der Waals surface area contributed by atoms with Crippen molar-refractivity contribution in [1.29, 1.82) is 0 Å². The Morgan fingerprint density at radius 1 is 0.857 bits per heavy atom. The maximum Gasteiger partial charge on any atom is 0.119 e. The molecule has 4 heteroatoms. The van der Waals surface area contributed by atoms with Gasteiger partial charge in [-0.25, -0.2) is 0 Å². The van der Waals surface area contributed by atoms with Gasteiger partial charge < -0.3 is 15.0 Å². The summed E-state index contributed by atoms with van der Waals surface area (Å²) in [6.45, 7) is 4.78. The van der Waals surface area contributed by atoms with Crippen LogP contribution in [0.15, 0.2) is 83.9 Å². The van der Waals surface area contributed by atoms with Gasteiger partial charge in [-0.1, -0.05) is 30.3 Å². The molecule has 0 atom stereocenters. The van der Waals surface area contributed by atoms with Crippen molar-refractivity contribution >= 4 is 17.6 Å². The lowest BCUT2D eigenvalue weighted by molar-refractivity contribution is 0.306. The molecule has 0 amide bonds. The first-order valence-corrected chi connectivity index (χ1v) is 9.73. The molecule has 0 spiro atoms. The van der Waals surface area contributed by atoms with Crippen LogP contribution >= 0.6 is 0 Å². The fourth-order valence-electron chi connectivity index (χ4n) is 3.21. The van der Waals surface area contributed by atoms with E-state index in [-0.39, 0.29) is 0 Å². The number of piperazine rings is 1. The molecular formula is C24H25N3O. The van der Waals surface area contributed by atoms with Gasteiger partial charge in [0, 0.05) is 38.1 Å². The first-order valence-electron chi connectivity index (χ1n) is 9.73. The van der Waals surface area contributed by atoms with Crippen molar-refractivity contribution in [3.63, 3.8) is 0 Å². The predicted octanol–water partition coefficient (Wildman–Crippen LogP) is 4.43. The molecule has 0 unspecified atom stereocenters. The van der Waals surface area contributed by atoms with Crippen LogP contribution in [0, 0.1) is 0 Å². The smallest absolute Gasteiger partial charge is 0.119 e. The summed E-state index contributed by atoms with van der Waals surface area (Å²) in [5.41, 5.74) is 4.44. The van der Waals surface area contributed by atoms with Gasteiger partial charge in [0.2, 0.25) is 0 Å². The third-order valence-corrected chi connectivity index (χ3v) is 4.82. The average molecular weight is 371 g/mol. The molecule has 0 bridgehead atoms. The Balaban J connectivity index is 1.32. The largest absolute Gasteiger partial charge is 0.489 e. The number of nitrogens with zero attached hydrogens (tertiary/aromatic N) is 2. The van der Waals surface area contributed by atoms with E-state index in [0.717, 1.165) is 48.7 Å². The molecule has 4 rings (SSSR count). The van der Waals surface area contributed by atoms with Crippen LogP contribution in [-0.2, 0) is 6.61 Å². The second-order valence-electron chi connectivity index (χ2n) is 6.85. The van der Waals surface area contributed by atoms with Crippen LogP contribution in [-0.4, -0.2) is 32.4 Å². The zero-order valence-corrected chi connectivity index (χ0v) is 15.9. The van der Waals surface area contributed by atoms with Gasteiger partial charge in [-0.3, -0.25) is 4.99 Å². The summed E-state index contributed by atoms with van der Waals surface area (Å²) in [6, 6.07) is 26.7. The molecule has 3 aromatic carbocycles. The Kier molecular flexibility index (Phi) is 6.00. The molecule has 0 aromatic heterocycles. The van der Waals surface area contributed by atoms with Crippen LogP contribution in [0.5, 0.6) is 5.75 Å². The highest BCUT2D eigenvalue weighted by Gasteiger charge is 2.09. The second kappa shape index (κ2) is 9.20. The van der Waals surface area contributed by atoms with Crippen LogP contribution in [0.3, 0.4) is 0 Å². The summed E-state index contributed by atoms with van der Waals surface area (Å²) in [5, 5.41) is 3.38. The van der Waals surface area contributed by atoms with E-state index >= 15 is 0 Å². The lowest BCUT2D eigenvalue weighted by atomic mass is 10.2. The highest BCUT2D eigenvalue weighted by atomic mass is 16.5. The van der Waals surface area contributed by atoms with Gasteiger partial charge in [-0.05, 0) is 59.7 Å². The Bertz CT molecular complexity index is 883. The Labute approximate surface area is 166 Å². The number of rotatable bonds is 6. The van der Waals surface area contributed by atoms with Gasteiger partial charge in [-0.2, -0.15) is 0 Å².